The maximum absolute atomic E-state index is 13.3. The smallest absolute Gasteiger partial charge is 0.225 e. The third-order valence-corrected chi connectivity index (χ3v) is 5.22. The number of nitrogens with one attached hydrogen (secondary N) is 1. The van der Waals surface area contributed by atoms with Crippen LogP contribution in [0.25, 0.3) is 11.3 Å². The Hall–Kier alpha value is -3.86. The fourth-order valence-corrected chi connectivity index (χ4v) is 3.47. The summed E-state index contributed by atoms with van der Waals surface area (Å²) < 4.78 is 13.3. The summed E-state index contributed by atoms with van der Waals surface area (Å²) in [7, 11) is 0. The van der Waals surface area contributed by atoms with Crippen molar-refractivity contribution in [2.45, 2.75) is 25.7 Å². The summed E-state index contributed by atoms with van der Waals surface area (Å²) in [5.74, 6) is 0.0804. The van der Waals surface area contributed by atoms with Gasteiger partial charge in [0.15, 0.2) is 5.82 Å². The second kappa shape index (κ2) is 10.4. The number of carbonyl (C=O) groups is 1. The minimum absolute atomic E-state index is 0.0985. The molecule has 0 aliphatic carbocycles. The number of halogens is 1. The molecule has 4 aromatic rings. The van der Waals surface area contributed by atoms with Gasteiger partial charge in [0.1, 0.15) is 5.82 Å². The number of anilines is 1. The molecular weight excluding hydrogens is 401 g/mol. The number of benzene rings is 3. The molecule has 1 heterocycles. The highest BCUT2D eigenvalue weighted by molar-refractivity contribution is 5.90. The standard InChI is InChI=1S/C27H24FN3O/c28-23-15-13-22(14-16-23)25-19-29-27(24(30-25)17-11-20-7-3-1-4-8-20)31-26(32)18-12-21-9-5-2-6-10-21/h1-10,13-16,19H,11-12,17-18H2,(H,29,31,32). The quantitative estimate of drug-likeness (QED) is 0.397. The molecule has 5 heteroatoms. The highest BCUT2D eigenvalue weighted by Crippen LogP contribution is 2.21. The van der Waals surface area contributed by atoms with Crippen molar-refractivity contribution in [2.75, 3.05) is 5.32 Å². The number of hydrogen-bond acceptors (Lipinski definition) is 3. The largest absolute Gasteiger partial charge is 0.309 e. The number of aryl methyl sites for hydroxylation is 3. The van der Waals surface area contributed by atoms with E-state index in [0.29, 0.717) is 36.5 Å². The van der Waals surface area contributed by atoms with Gasteiger partial charge in [0.2, 0.25) is 5.91 Å². The molecule has 0 aliphatic heterocycles. The first-order valence-corrected chi connectivity index (χ1v) is 10.7. The number of rotatable bonds is 8. The summed E-state index contributed by atoms with van der Waals surface area (Å²) >= 11 is 0. The molecule has 0 bridgehead atoms. The van der Waals surface area contributed by atoms with E-state index in [4.69, 9.17) is 4.98 Å². The van der Waals surface area contributed by atoms with E-state index in [0.717, 1.165) is 17.5 Å². The van der Waals surface area contributed by atoms with Crippen molar-refractivity contribution < 1.29 is 9.18 Å². The topological polar surface area (TPSA) is 54.9 Å². The van der Waals surface area contributed by atoms with Crippen LogP contribution in [0.3, 0.4) is 0 Å². The average molecular weight is 426 g/mol. The van der Waals surface area contributed by atoms with Gasteiger partial charge in [0.05, 0.1) is 17.6 Å². The lowest BCUT2D eigenvalue weighted by Crippen LogP contribution is -2.16. The first-order valence-electron chi connectivity index (χ1n) is 10.7. The molecule has 0 spiro atoms. The van der Waals surface area contributed by atoms with Crippen molar-refractivity contribution in [3.05, 3.63) is 114 Å². The van der Waals surface area contributed by atoms with Crippen LogP contribution in [0.1, 0.15) is 23.2 Å². The van der Waals surface area contributed by atoms with Crippen LogP contribution in [0.2, 0.25) is 0 Å². The lowest BCUT2D eigenvalue weighted by Gasteiger charge is -2.12. The fourth-order valence-electron chi connectivity index (χ4n) is 3.47. The van der Waals surface area contributed by atoms with Crippen LogP contribution in [-0.4, -0.2) is 15.9 Å². The molecule has 0 aliphatic rings. The van der Waals surface area contributed by atoms with Gasteiger partial charge >= 0.3 is 0 Å². The maximum atomic E-state index is 13.3. The molecule has 4 rings (SSSR count). The van der Waals surface area contributed by atoms with Gasteiger partial charge in [-0.2, -0.15) is 0 Å². The third-order valence-electron chi connectivity index (χ3n) is 5.22. The van der Waals surface area contributed by atoms with Crippen molar-refractivity contribution in [1.82, 2.24) is 9.97 Å². The monoisotopic (exact) mass is 425 g/mol. The highest BCUT2D eigenvalue weighted by Gasteiger charge is 2.13. The molecule has 160 valence electrons. The van der Waals surface area contributed by atoms with E-state index >= 15 is 0 Å². The molecule has 0 unspecified atom stereocenters. The lowest BCUT2D eigenvalue weighted by molar-refractivity contribution is -0.116. The van der Waals surface area contributed by atoms with Crippen LogP contribution in [-0.2, 0) is 24.1 Å². The molecule has 1 amide bonds. The van der Waals surface area contributed by atoms with Crippen molar-refractivity contribution in [3.63, 3.8) is 0 Å². The van der Waals surface area contributed by atoms with Gasteiger partial charge < -0.3 is 5.32 Å². The van der Waals surface area contributed by atoms with Crippen LogP contribution in [0.15, 0.2) is 91.1 Å². The minimum atomic E-state index is -0.298. The predicted molar refractivity (Wildman–Crippen MR) is 125 cm³/mol. The van der Waals surface area contributed by atoms with Gasteiger partial charge in [-0.15, -0.1) is 0 Å². The molecule has 0 atom stereocenters. The zero-order chi connectivity index (χ0) is 22.2. The van der Waals surface area contributed by atoms with Crippen LogP contribution in [0.4, 0.5) is 10.2 Å². The molecule has 4 nitrogen and oxygen atoms in total. The second-order valence-electron chi connectivity index (χ2n) is 7.58. The van der Waals surface area contributed by atoms with Crippen molar-refractivity contribution in [1.29, 1.82) is 0 Å². The number of aromatic nitrogens is 2. The summed E-state index contributed by atoms with van der Waals surface area (Å²) in [6.45, 7) is 0. The molecule has 1 N–H and O–H groups in total. The number of amides is 1. The molecular formula is C27H24FN3O. The molecule has 1 aromatic heterocycles. The normalized spacial score (nSPS) is 10.7. The zero-order valence-corrected chi connectivity index (χ0v) is 17.7. The minimum Gasteiger partial charge on any atom is -0.309 e. The average Bonchev–Trinajstić information content (AvgIpc) is 2.84. The van der Waals surface area contributed by atoms with E-state index in [9.17, 15) is 9.18 Å². The zero-order valence-electron chi connectivity index (χ0n) is 17.7. The number of carbonyl (C=O) groups excluding carboxylic acids is 1. The molecule has 0 saturated heterocycles. The van der Waals surface area contributed by atoms with E-state index in [-0.39, 0.29) is 11.7 Å². The van der Waals surface area contributed by atoms with Crippen LogP contribution in [0.5, 0.6) is 0 Å². The van der Waals surface area contributed by atoms with Gasteiger partial charge in [-0.25, -0.2) is 14.4 Å². The fraction of sp³-hybridized carbons (Fsp3) is 0.148. The van der Waals surface area contributed by atoms with Crippen molar-refractivity contribution >= 4 is 11.7 Å². The van der Waals surface area contributed by atoms with Crippen LogP contribution in [0, 0.1) is 5.82 Å². The van der Waals surface area contributed by atoms with Crippen molar-refractivity contribution in [3.8, 4) is 11.3 Å². The number of nitrogens with zero attached hydrogens (tertiary/aromatic N) is 2. The summed E-state index contributed by atoms with van der Waals surface area (Å²) in [5.41, 5.74) is 4.44. The number of hydrogen-bond donors (Lipinski definition) is 1. The Morgan fingerprint density at radius 1 is 0.781 bits per heavy atom. The van der Waals surface area contributed by atoms with E-state index in [1.165, 1.54) is 17.7 Å². The van der Waals surface area contributed by atoms with Gasteiger partial charge in [-0.3, -0.25) is 4.79 Å². The molecule has 3 aromatic carbocycles. The Labute approximate surface area is 187 Å². The Morgan fingerprint density at radius 2 is 1.41 bits per heavy atom. The molecule has 0 radical (unpaired) electrons. The first-order chi connectivity index (χ1) is 15.7. The van der Waals surface area contributed by atoms with E-state index in [1.807, 2.05) is 48.5 Å². The highest BCUT2D eigenvalue weighted by atomic mass is 19.1. The van der Waals surface area contributed by atoms with Gasteiger partial charge in [0.25, 0.3) is 0 Å². The Balaban J connectivity index is 1.52. The molecule has 0 fully saturated rings. The van der Waals surface area contributed by atoms with E-state index in [2.05, 4.69) is 22.4 Å². The van der Waals surface area contributed by atoms with Gasteiger partial charge in [-0.05, 0) is 54.7 Å². The van der Waals surface area contributed by atoms with Crippen molar-refractivity contribution in [2.24, 2.45) is 0 Å². The van der Waals surface area contributed by atoms with Crippen LogP contribution >= 0.6 is 0 Å². The van der Waals surface area contributed by atoms with Gasteiger partial charge in [-0.1, -0.05) is 60.7 Å². The summed E-state index contributed by atoms with van der Waals surface area (Å²) in [5, 5.41) is 2.93. The second-order valence-corrected chi connectivity index (χ2v) is 7.58. The summed E-state index contributed by atoms with van der Waals surface area (Å²) in [4.78, 5) is 21.8. The van der Waals surface area contributed by atoms with Crippen LogP contribution < -0.4 is 5.32 Å². The molecule has 0 saturated carbocycles. The Kier molecular flexibility index (Phi) is 6.98. The van der Waals surface area contributed by atoms with E-state index < -0.39 is 0 Å². The first kappa shape index (κ1) is 21.4. The van der Waals surface area contributed by atoms with Gasteiger partial charge in [0, 0.05) is 12.0 Å². The Morgan fingerprint density at radius 3 is 2.06 bits per heavy atom. The third kappa shape index (κ3) is 5.85. The lowest BCUT2D eigenvalue weighted by atomic mass is 10.1. The van der Waals surface area contributed by atoms with E-state index in [1.54, 1.807) is 18.3 Å². The maximum Gasteiger partial charge on any atom is 0.225 e. The Bertz CT molecular complexity index is 1160. The predicted octanol–water partition coefficient (Wildman–Crippen LogP) is 5.64. The summed E-state index contributed by atoms with van der Waals surface area (Å²) in [6.07, 6.45) is 4.04. The summed E-state index contributed by atoms with van der Waals surface area (Å²) in [6, 6.07) is 26.2. The SMILES string of the molecule is O=C(CCc1ccccc1)Nc1ncc(-c2ccc(F)cc2)nc1CCc1ccccc1. The molecule has 32 heavy (non-hydrogen) atoms.